The van der Waals surface area contributed by atoms with Crippen molar-refractivity contribution in [1.82, 2.24) is 13.9 Å². The molecule has 2 aliphatic heterocycles. The summed E-state index contributed by atoms with van der Waals surface area (Å²) in [4.78, 5) is 26.1. The van der Waals surface area contributed by atoms with Crippen molar-refractivity contribution in [2.45, 2.75) is 46.0 Å². The minimum absolute atomic E-state index is 0.0152. The van der Waals surface area contributed by atoms with E-state index in [1.807, 2.05) is 13.8 Å². The Morgan fingerprint density at radius 2 is 1.70 bits per heavy atom. The third-order valence-corrected chi connectivity index (χ3v) is 5.99. The fraction of sp³-hybridized carbons (Fsp3) is 0.867. The van der Waals surface area contributed by atoms with Gasteiger partial charge in [-0.05, 0) is 25.7 Å². The number of hydrogen-bond acceptors (Lipinski definition) is 4. The molecule has 0 aliphatic carbocycles. The molecule has 2 aliphatic rings. The molecule has 2 amide bonds. The lowest BCUT2D eigenvalue weighted by atomic mass is 9.96. The van der Waals surface area contributed by atoms with Crippen LogP contribution in [0.5, 0.6) is 0 Å². The average Bonchev–Trinajstić information content (AvgIpc) is 2.54. The third kappa shape index (κ3) is 4.67. The van der Waals surface area contributed by atoms with Gasteiger partial charge >= 0.3 is 10.2 Å². The first-order valence-electron chi connectivity index (χ1n) is 8.42. The molecule has 8 heteroatoms. The molecule has 1 atom stereocenters. The number of likely N-dealkylation sites (tertiary alicyclic amines) is 1. The maximum Gasteiger partial charge on any atom is 0.303 e. The van der Waals surface area contributed by atoms with E-state index >= 15 is 0 Å². The molecule has 0 bridgehead atoms. The molecular weight excluding hydrogens is 318 g/mol. The van der Waals surface area contributed by atoms with E-state index in [0.717, 1.165) is 25.7 Å². The highest BCUT2D eigenvalue weighted by Crippen LogP contribution is 2.19. The zero-order valence-electron chi connectivity index (χ0n) is 14.0. The van der Waals surface area contributed by atoms with Crippen LogP contribution in [0.1, 0.15) is 46.0 Å². The summed E-state index contributed by atoms with van der Waals surface area (Å²) in [5.41, 5.74) is 0. The number of carbonyl (C=O) groups is 2. The molecule has 0 radical (unpaired) electrons. The van der Waals surface area contributed by atoms with E-state index in [1.165, 1.54) is 4.31 Å². The van der Waals surface area contributed by atoms with Crippen molar-refractivity contribution < 1.29 is 18.0 Å². The maximum atomic E-state index is 12.3. The van der Waals surface area contributed by atoms with Crippen molar-refractivity contribution in [3.05, 3.63) is 0 Å². The fourth-order valence-electron chi connectivity index (χ4n) is 3.14. The van der Waals surface area contributed by atoms with Gasteiger partial charge in [0.2, 0.25) is 11.8 Å². The summed E-state index contributed by atoms with van der Waals surface area (Å²) in [6, 6.07) is 0. The average molecular weight is 345 g/mol. The second-order valence-electron chi connectivity index (χ2n) is 6.71. The summed E-state index contributed by atoms with van der Waals surface area (Å²) in [7, 11) is -3.76. The second-order valence-corrected chi connectivity index (χ2v) is 8.38. The minimum Gasteiger partial charge on any atom is -0.342 e. The molecule has 0 aromatic heterocycles. The molecule has 7 nitrogen and oxygen atoms in total. The van der Waals surface area contributed by atoms with E-state index in [9.17, 15) is 18.0 Å². The van der Waals surface area contributed by atoms with Crippen molar-refractivity contribution in [2.24, 2.45) is 11.8 Å². The highest BCUT2D eigenvalue weighted by molar-refractivity contribution is 7.87. The smallest absolute Gasteiger partial charge is 0.303 e. The molecule has 1 N–H and O–H groups in total. The zero-order chi connectivity index (χ0) is 17.0. The summed E-state index contributed by atoms with van der Waals surface area (Å²) in [5, 5.41) is 0. The number of nitrogens with zero attached hydrogens (tertiary/aromatic N) is 2. The van der Waals surface area contributed by atoms with Gasteiger partial charge in [-0.25, -0.2) is 4.72 Å². The van der Waals surface area contributed by atoms with Crippen molar-refractivity contribution in [2.75, 3.05) is 26.2 Å². The molecular formula is C15H27N3O4S. The molecule has 0 aromatic rings. The van der Waals surface area contributed by atoms with Gasteiger partial charge in [0.1, 0.15) is 0 Å². The van der Waals surface area contributed by atoms with E-state index in [1.54, 1.807) is 4.90 Å². The Kier molecular flexibility index (Phi) is 6.02. The number of piperidine rings is 2. The van der Waals surface area contributed by atoms with Crippen LogP contribution in [-0.2, 0) is 19.8 Å². The Labute approximate surface area is 138 Å². The lowest BCUT2D eigenvalue weighted by Gasteiger charge is -2.33. The standard InChI is InChI=1S/C15H27N3O4S/c1-12(2)15(20)17-8-6-7-13(11-17)14(19)16-23(21,22)18-9-4-3-5-10-18/h12-13H,3-11H2,1-2H3,(H,16,19). The topological polar surface area (TPSA) is 86.8 Å². The molecule has 0 spiro atoms. The molecule has 2 saturated heterocycles. The third-order valence-electron chi connectivity index (χ3n) is 4.48. The zero-order valence-corrected chi connectivity index (χ0v) is 14.8. The Morgan fingerprint density at radius 3 is 2.30 bits per heavy atom. The predicted molar refractivity (Wildman–Crippen MR) is 86.6 cm³/mol. The van der Waals surface area contributed by atoms with Crippen LogP contribution in [0.25, 0.3) is 0 Å². The quantitative estimate of drug-likeness (QED) is 0.814. The molecule has 132 valence electrons. The molecule has 0 saturated carbocycles. The molecule has 2 fully saturated rings. The predicted octanol–water partition coefficient (Wildman–Crippen LogP) is 0.728. The monoisotopic (exact) mass is 345 g/mol. The molecule has 2 heterocycles. The lowest BCUT2D eigenvalue weighted by molar-refractivity contribution is -0.138. The number of carbonyl (C=O) groups excluding carboxylic acids is 2. The first kappa shape index (κ1) is 18.2. The van der Waals surface area contributed by atoms with Crippen molar-refractivity contribution in [3.8, 4) is 0 Å². The first-order valence-corrected chi connectivity index (χ1v) is 9.86. The molecule has 0 aromatic carbocycles. The Morgan fingerprint density at radius 1 is 1.04 bits per heavy atom. The summed E-state index contributed by atoms with van der Waals surface area (Å²) in [5.74, 6) is -1.04. The second kappa shape index (κ2) is 7.61. The summed E-state index contributed by atoms with van der Waals surface area (Å²) < 4.78 is 28.1. The number of rotatable bonds is 4. The summed E-state index contributed by atoms with van der Waals surface area (Å²) in [6.07, 6.45) is 4.02. The Hall–Kier alpha value is -1.15. The van der Waals surface area contributed by atoms with Crippen LogP contribution in [0.3, 0.4) is 0 Å². The maximum absolute atomic E-state index is 12.3. The lowest BCUT2D eigenvalue weighted by Crippen LogP contribution is -2.51. The number of hydrogen-bond donors (Lipinski definition) is 1. The van der Waals surface area contributed by atoms with Crippen LogP contribution >= 0.6 is 0 Å². The van der Waals surface area contributed by atoms with Crippen LogP contribution in [0.15, 0.2) is 0 Å². The number of nitrogens with one attached hydrogen (secondary N) is 1. The molecule has 23 heavy (non-hydrogen) atoms. The molecule has 1 unspecified atom stereocenters. The van der Waals surface area contributed by atoms with Gasteiger partial charge in [-0.15, -0.1) is 0 Å². The largest absolute Gasteiger partial charge is 0.342 e. The van der Waals surface area contributed by atoms with Gasteiger partial charge in [0, 0.05) is 32.1 Å². The van der Waals surface area contributed by atoms with E-state index in [2.05, 4.69) is 4.72 Å². The first-order chi connectivity index (χ1) is 10.8. The fourth-order valence-corrected chi connectivity index (χ4v) is 4.43. The van der Waals surface area contributed by atoms with Gasteiger partial charge in [0.25, 0.3) is 0 Å². The van der Waals surface area contributed by atoms with E-state index in [0.29, 0.717) is 32.6 Å². The van der Waals surface area contributed by atoms with Crippen molar-refractivity contribution in [3.63, 3.8) is 0 Å². The minimum atomic E-state index is -3.76. The highest BCUT2D eigenvalue weighted by atomic mass is 32.2. The van der Waals surface area contributed by atoms with E-state index in [-0.39, 0.29) is 11.8 Å². The normalized spacial score (nSPS) is 23.8. The van der Waals surface area contributed by atoms with Crippen molar-refractivity contribution in [1.29, 1.82) is 0 Å². The van der Waals surface area contributed by atoms with Gasteiger partial charge in [-0.3, -0.25) is 9.59 Å². The van der Waals surface area contributed by atoms with E-state index < -0.39 is 22.0 Å². The van der Waals surface area contributed by atoms with Gasteiger partial charge in [0.15, 0.2) is 0 Å². The molecule has 2 rings (SSSR count). The highest BCUT2D eigenvalue weighted by Gasteiger charge is 2.33. The van der Waals surface area contributed by atoms with Crippen LogP contribution in [0.4, 0.5) is 0 Å². The van der Waals surface area contributed by atoms with Gasteiger partial charge in [-0.2, -0.15) is 12.7 Å². The van der Waals surface area contributed by atoms with Crippen LogP contribution < -0.4 is 4.72 Å². The van der Waals surface area contributed by atoms with Crippen LogP contribution in [0, 0.1) is 11.8 Å². The van der Waals surface area contributed by atoms with Crippen LogP contribution in [-0.4, -0.2) is 55.6 Å². The van der Waals surface area contributed by atoms with Crippen molar-refractivity contribution >= 4 is 22.0 Å². The van der Waals surface area contributed by atoms with Gasteiger partial charge in [-0.1, -0.05) is 20.3 Å². The van der Waals surface area contributed by atoms with E-state index in [4.69, 9.17) is 0 Å². The SMILES string of the molecule is CC(C)C(=O)N1CCCC(C(=O)NS(=O)(=O)N2CCCCC2)C1. The van der Waals surface area contributed by atoms with Gasteiger partial charge < -0.3 is 4.90 Å². The summed E-state index contributed by atoms with van der Waals surface area (Å²) in [6.45, 7) is 5.52. The Bertz CT molecular complexity index is 541. The number of amides is 2. The van der Waals surface area contributed by atoms with Gasteiger partial charge in [0.05, 0.1) is 5.92 Å². The summed E-state index contributed by atoms with van der Waals surface area (Å²) >= 11 is 0. The Balaban J connectivity index is 1.95. The van der Waals surface area contributed by atoms with Crippen LogP contribution in [0.2, 0.25) is 0 Å².